The molecule has 2 unspecified atom stereocenters. The molecule has 2 aliphatic carbocycles. The minimum absolute atomic E-state index is 0.176. The molecule has 2 fully saturated rings. The Morgan fingerprint density at radius 3 is 2.35 bits per heavy atom. The topological polar surface area (TPSA) is 101 Å². The second kappa shape index (κ2) is 5.71. The van der Waals surface area contributed by atoms with E-state index in [0.717, 1.165) is 12.1 Å². The number of benzene rings is 1. The molecule has 2 atom stereocenters. The van der Waals surface area contributed by atoms with Gasteiger partial charge in [-0.3, -0.25) is 4.79 Å². The van der Waals surface area contributed by atoms with E-state index in [9.17, 15) is 31.6 Å². The van der Waals surface area contributed by atoms with Gasteiger partial charge < -0.3 is 5.73 Å². The number of primary amides is 1. The zero-order valence-corrected chi connectivity index (χ0v) is 14.5. The zero-order valence-electron chi connectivity index (χ0n) is 13.7. The summed E-state index contributed by atoms with van der Waals surface area (Å²) in [6.45, 7) is 0. The van der Waals surface area contributed by atoms with Gasteiger partial charge in [-0.05, 0) is 37.8 Å². The third-order valence-corrected chi connectivity index (χ3v) is 8.24. The average molecular weight is 386 g/mol. The molecule has 1 aromatic carbocycles. The molecule has 0 aliphatic heterocycles. The number of amides is 1. The summed E-state index contributed by atoms with van der Waals surface area (Å²) in [4.78, 5) is 11.4. The van der Waals surface area contributed by atoms with Crippen LogP contribution < -0.4 is 5.73 Å². The molecule has 1 amide bonds. The standard InChI is InChI=1S/C17H17F3N2O3S/c18-17(19,20)11-4-1-2-5-12(11)26(24,25)16(14(22)23)7-3-6-13(16)15(10-21)8-9-15/h1-2,4-5,13H,3,6-9H2,(H2,22,23). The number of alkyl halides is 3. The second-order valence-corrected chi connectivity index (χ2v) is 9.14. The van der Waals surface area contributed by atoms with Gasteiger partial charge in [0, 0.05) is 5.92 Å². The van der Waals surface area contributed by atoms with Crippen LogP contribution in [0.4, 0.5) is 13.2 Å². The van der Waals surface area contributed by atoms with Crippen molar-refractivity contribution in [3.63, 3.8) is 0 Å². The van der Waals surface area contributed by atoms with Crippen molar-refractivity contribution in [2.75, 3.05) is 0 Å². The van der Waals surface area contributed by atoms with Gasteiger partial charge >= 0.3 is 6.18 Å². The first-order valence-corrected chi connectivity index (χ1v) is 9.63. The zero-order chi connectivity index (χ0) is 19.4. The van der Waals surface area contributed by atoms with Crippen molar-refractivity contribution in [3.8, 4) is 6.07 Å². The summed E-state index contributed by atoms with van der Waals surface area (Å²) in [5.41, 5.74) is 3.14. The fraction of sp³-hybridized carbons (Fsp3) is 0.529. The number of nitrogens with zero attached hydrogens (tertiary/aromatic N) is 1. The molecule has 140 valence electrons. The fourth-order valence-electron chi connectivity index (χ4n) is 4.25. The third-order valence-electron chi connectivity index (χ3n) is 5.66. The fourth-order valence-corrected chi connectivity index (χ4v) is 6.77. The molecular weight excluding hydrogens is 369 g/mol. The van der Waals surface area contributed by atoms with Gasteiger partial charge in [-0.2, -0.15) is 18.4 Å². The van der Waals surface area contributed by atoms with Crippen molar-refractivity contribution in [1.29, 1.82) is 5.26 Å². The van der Waals surface area contributed by atoms with Gasteiger partial charge in [-0.1, -0.05) is 18.6 Å². The summed E-state index contributed by atoms with van der Waals surface area (Å²) in [6, 6.07) is 5.86. The van der Waals surface area contributed by atoms with Crippen molar-refractivity contribution in [1.82, 2.24) is 0 Å². The van der Waals surface area contributed by atoms with Crippen LogP contribution in [-0.4, -0.2) is 19.1 Å². The van der Waals surface area contributed by atoms with Crippen molar-refractivity contribution in [2.45, 2.75) is 47.9 Å². The van der Waals surface area contributed by atoms with Gasteiger partial charge in [0.15, 0.2) is 14.6 Å². The summed E-state index contributed by atoms with van der Waals surface area (Å²) in [5, 5.41) is 9.47. The van der Waals surface area contributed by atoms with Crippen LogP contribution in [0.15, 0.2) is 29.2 Å². The van der Waals surface area contributed by atoms with Crippen molar-refractivity contribution >= 4 is 15.7 Å². The van der Waals surface area contributed by atoms with Gasteiger partial charge in [-0.25, -0.2) is 8.42 Å². The highest BCUT2D eigenvalue weighted by atomic mass is 32.2. The van der Waals surface area contributed by atoms with Crippen LogP contribution >= 0.6 is 0 Å². The van der Waals surface area contributed by atoms with Crippen LogP contribution in [0, 0.1) is 22.7 Å². The van der Waals surface area contributed by atoms with Gasteiger partial charge in [0.1, 0.15) is 0 Å². The maximum Gasteiger partial charge on any atom is 0.417 e. The van der Waals surface area contributed by atoms with E-state index in [1.54, 1.807) is 0 Å². The smallest absolute Gasteiger partial charge is 0.368 e. The minimum atomic E-state index is -4.90. The summed E-state index contributed by atoms with van der Waals surface area (Å²) in [7, 11) is -4.76. The third kappa shape index (κ3) is 2.42. The molecule has 5 nitrogen and oxygen atoms in total. The Balaban J connectivity index is 2.25. The Kier molecular flexibility index (Phi) is 4.11. The monoisotopic (exact) mass is 386 g/mol. The molecule has 2 saturated carbocycles. The minimum Gasteiger partial charge on any atom is -0.368 e. The largest absolute Gasteiger partial charge is 0.417 e. The predicted octanol–water partition coefficient (Wildman–Crippen LogP) is 2.81. The predicted molar refractivity (Wildman–Crippen MR) is 85.2 cm³/mol. The SMILES string of the molecule is N#CC1(C2CCCC2(C(N)=O)S(=O)(=O)c2ccccc2C(F)(F)F)CC1. The van der Waals surface area contributed by atoms with Crippen LogP contribution in [0.2, 0.25) is 0 Å². The Morgan fingerprint density at radius 1 is 1.23 bits per heavy atom. The number of nitrogens with two attached hydrogens (primary N) is 1. The highest BCUT2D eigenvalue weighted by molar-refractivity contribution is 7.93. The number of carbonyl (C=O) groups is 1. The van der Waals surface area contributed by atoms with Crippen molar-refractivity contribution < 1.29 is 26.4 Å². The maximum absolute atomic E-state index is 13.4. The van der Waals surface area contributed by atoms with Crippen LogP contribution in [-0.2, 0) is 20.8 Å². The van der Waals surface area contributed by atoms with E-state index in [1.807, 2.05) is 0 Å². The highest BCUT2D eigenvalue weighted by Gasteiger charge is 2.68. The van der Waals surface area contributed by atoms with Gasteiger partial charge in [0.25, 0.3) is 0 Å². The average Bonchev–Trinajstić information content (AvgIpc) is 3.23. The second-order valence-electron chi connectivity index (χ2n) is 6.96. The number of sulfone groups is 1. The number of hydrogen-bond acceptors (Lipinski definition) is 4. The Hall–Kier alpha value is -2.08. The van der Waals surface area contributed by atoms with Gasteiger partial charge in [0.2, 0.25) is 5.91 Å². The molecule has 2 N–H and O–H groups in total. The molecule has 0 radical (unpaired) electrons. The normalized spacial score (nSPS) is 27.7. The van der Waals surface area contributed by atoms with E-state index in [2.05, 4.69) is 6.07 Å². The maximum atomic E-state index is 13.4. The molecule has 1 aromatic rings. The van der Waals surface area contributed by atoms with Crippen LogP contribution in [0.5, 0.6) is 0 Å². The van der Waals surface area contributed by atoms with E-state index >= 15 is 0 Å². The number of carbonyl (C=O) groups excluding carboxylic acids is 1. The van der Waals surface area contributed by atoms with E-state index in [0.29, 0.717) is 25.3 Å². The summed E-state index contributed by atoms with van der Waals surface area (Å²) in [6.07, 6.45) is -3.66. The number of halogens is 3. The molecule has 0 heterocycles. The summed E-state index contributed by atoms with van der Waals surface area (Å²) >= 11 is 0. The summed E-state index contributed by atoms with van der Waals surface area (Å²) in [5.74, 6) is -2.08. The number of nitriles is 1. The first kappa shape index (κ1) is 18.7. The molecule has 3 rings (SSSR count). The highest BCUT2D eigenvalue weighted by Crippen LogP contribution is 2.62. The van der Waals surface area contributed by atoms with Crippen LogP contribution in [0.3, 0.4) is 0 Å². The Morgan fingerprint density at radius 2 is 1.85 bits per heavy atom. The van der Waals surface area contributed by atoms with Gasteiger partial charge in [0.05, 0.1) is 21.9 Å². The Bertz CT molecular complexity index is 901. The molecule has 2 aliphatic rings. The molecule has 0 saturated heterocycles. The molecule has 0 aromatic heterocycles. The lowest BCUT2D eigenvalue weighted by Crippen LogP contribution is -2.55. The van der Waals surface area contributed by atoms with E-state index < -0.39 is 48.5 Å². The first-order valence-electron chi connectivity index (χ1n) is 8.15. The number of rotatable bonds is 4. The summed E-state index contributed by atoms with van der Waals surface area (Å²) < 4.78 is 64.6. The van der Waals surface area contributed by atoms with E-state index in [1.165, 1.54) is 6.07 Å². The lowest BCUT2D eigenvalue weighted by molar-refractivity contribution is -0.140. The lowest BCUT2D eigenvalue weighted by Gasteiger charge is -2.35. The van der Waals surface area contributed by atoms with E-state index in [4.69, 9.17) is 5.73 Å². The molecule has 0 spiro atoms. The lowest BCUT2D eigenvalue weighted by atomic mass is 9.81. The van der Waals surface area contributed by atoms with Crippen LogP contribution in [0.1, 0.15) is 37.7 Å². The van der Waals surface area contributed by atoms with Crippen molar-refractivity contribution in [2.24, 2.45) is 17.1 Å². The van der Waals surface area contributed by atoms with Crippen LogP contribution in [0.25, 0.3) is 0 Å². The van der Waals surface area contributed by atoms with Gasteiger partial charge in [-0.15, -0.1) is 0 Å². The molecular formula is C17H17F3N2O3S. The first-order chi connectivity index (χ1) is 12.0. The van der Waals surface area contributed by atoms with E-state index in [-0.39, 0.29) is 12.8 Å². The number of hydrogen-bond donors (Lipinski definition) is 1. The van der Waals surface area contributed by atoms with Crippen molar-refractivity contribution in [3.05, 3.63) is 29.8 Å². The molecule has 26 heavy (non-hydrogen) atoms. The molecule has 0 bridgehead atoms. The quantitative estimate of drug-likeness (QED) is 0.860. The molecule has 9 heteroatoms. The Labute approximate surface area is 148 Å².